The number of hydrogen-bond acceptors (Lipinski definition) is 5. The molecule has 0 aromatic carbocycles. The molecule has 1 fully saturated rings. The second-order valence-electron chi connectivity index (χ2n) is 6.85. The Bertz CT molecular complexity index is 781. The van der Waals surface area contributed by atoms with E-state index in [1.54, 1.807) is 6.07 Å². The van der Waals surface area contributed by atoms with E-state index in [1.807, 2.05) is 31.4 Å². The number of esters is 1. The van der Waals surface area contributed by atoms with Crippen molar-refractivity contribution in [3.05, 3.63) is 34.8 Å². The zero-order chi connectivity index (χ0) is 18.0. The van der Waals surface area contributed by atoms with Gasteiger partial charge in [-0.2, -0.15) is 0 Å². The summed E-state index contributed by atoms with van der Waals surface area (Å²) < 4.78 is 12.2. The third-order valence-electron chi connectivity index (χ3n) is 4.87. The van der Waals surface area contributed by atoms with Crippen LogP contribution in [0, 0.1) is 26.7 Å². The highest BCUT2D eigenvalue weighted by Crippen LogP contribution is 2.27. The van der Waals surface area contributed by atoms with E-state index in [9.17, 15) is 9.59 Å². The molecule has 6 nitrogen and oxygen atoms in total. The Morgan fingerprint density at radius 3 is 2.60 bits per heavy atom. The molecular formula is C19H24N2O4. The van der Waals surface area contributed by atoms with Crippen LogP contribution in [0.2, 0.25) is 0 Å². The number of ether oxygens (including phenoxy) is 1. The van der Waals surface area contributed by atoms with E-state index in [-0.39, 0.29) is 18.4 Å². The van der Waals surface area contributed by atoms with Gasteiger partial charge in [-0.1, -0.05) is 18.0 Å². The second kappa shape index (κ2) is 7.25. The number of ketones is 1. The predicted octanol–water partition coefficient (Wildman–Crippen LogP) is 3.70. The summed E-state index contributed by atoms with van der Waals surface area (Å²) in [5, 5.41) is 4.00. The molecule has 1 aliphatic carbocycles. The number of carbonyl (C=O) groups is 2. The number of aryl methyl sites for hydroxylation is 2. The van der Waals surface area contributed by atoms with Gasteiger partial charge in [0.25, 0.3) is 0 Å². The first-order valence-corrected chi connectivity index (χ1v) is 8.77. The van der Waals surface area contributed by atoms with Crippen molar-refractivity contribution in [2.45, 2.75) is 52.9 Å². The largest absolute Gasteiger partial charge is 0.457 e. The molecule has 2 heterocycles. The first-order chi connectivity index (χ1) is 12.0. The molecule has 0 unspecified atom stereocenters. The smallest absolute Gasteiger partial charge is 0.306 e. The first-order valence-electron chi connectivity index (χ1n) is 8.77. The molecule has 0 N–H and O–H groups in total. The van der Waals surface area contributed by atoms with Crippen LogP contribution in [0.5, 0.6) is 0 Å². The molecule has 25 heavy (non-hydrogen) atoms. The Labute approximate surface area is 147 Å². The minimum atomic E-state index is -0.277. The summed E-state index contributed by atoms with van der Waals surface area (Å²) in [5.74, 6) is 1.30. The zero-order valence-corrected chi connectivity index (χ0v) is 15.0. The minimum Gasteiger partial charge on any atom is -0.457 e. The topological polar surface area (TPSA) is 74.3 Å². The lowest BCUT2D eigenvalue weighted by Crippen LogP contribution is -2.16. The van der Waals surface area contributed by atoms with E-state index in [2.05, 4.69) is 5.16 Å². The van der Waals surface area contributed by atoms with E-state index in [0.717, 1.165) is 24.2 Å². The number of Topliss-reactive ketones (excluding diaryl/α,β-unsaturated/α-hetero) is 1. The fraction of sp³-hybridized carbons (Fsp3) is 0.526. The molecule has 1 aliphatic rings. The fourth-order valence-corrected chi connectivity index (χ4v) is 3.59. The number of aromatic nitrogens is 2. The summed E-state index contributed by atoms with van der Waals surface area (Å²) in [6, 6.07) is 3.61. The average molecular weight is 344 g/mol. The van der Waals surface area contributed by atoms with Crippen molar-refractivity contribution in [2.75, 3.05) is 6.61 Å². The Morgan fingerprint density at radius 1 is 1.24 bits per heavy atom. The summed E-state index contributed by atoms with van der Waals surface area (Å²) in [7, 11) is 0. The number of hydrogen-bond donors (Lipinski definition) is 0. The van der Waals surface area contributed by atoms with Gasteiger partial charge in [0.05, 0.1) is 0 Å². The van der Waals surface area contributed by atoms with Gasteiger partial charge >= 0.3 is 5.97 Å². The van der Waals surface area contributed by atoms with Crippen LogP contribution in [0.4, 0.5) is 0 Å². The van der Waals surface area contributed by atoms with E-state index in [1.165, 1.54) is 12.8 Å². The number of carbonyl (C=O) groups excluding carboxylic acids is 2. The minimum absolute atomic E-state index is 0.195. The molecule has 2 aromatic rings. The molecule has 0 bridgehead atoms. The maximum Gasteiger partial charge on any atom is 0.306 e. The quantitative estimate of drug-likeness (QED) is 0.590. The number of rotatable bonds is 6. The average Bonchev–Trinajstić information content (AvgIpc) is 3.27. The van der Waals surface area contributed by atoms with Crippen LogP contribution in [0.15, 0.2) is 16.7 Å². The van der Waals surface area contributed by atoms with Crippen molar-refractivity contribution in [3.8, 4) is 5.82 Å². The molecule has 0 atom stereocenters. The van der Waals surface area contributed by atoms with Crippen LogP contribution in [0.3, 0.4) is 0 Å². The lowest BCUT2D eigenvalue weighted by molar-refractivity contribution is -0.143. The number of nitrogens with zero attached hydrogens (tertiary/aromatic N) is 2. The molecule has 0 spiro atoms. The third-order valence-corrected chi connectivity index (χ3v) is 4.87. The van der Waals surface area contributed by atoms with E-state index >= 15 is 0 Å². The monoisotopic (exact) mass is 344 g/mol. The fourth-order valence-electron chi connectivity index (χ4n) is 3.59. The molecule has 6 heteroatoms. The lowest BCUT2D eigenvalue weighted by atomic mass is 10.0. The molecule has 1 saturated carbocycles. The highest BCUT2D eigenvalue weighted by molar-refractivity contribution is 5.99. The Morgan fingerprint density at radius 2 is 1.96 bits per heavy atom. The summed E-state index contributed by atoms with van der Waals surface area (Å²) in [5.41, 5.74) is 2.20. The molecule has 3 rings (SSSR count). The van der Waals surface area contributed by atoms with Crippen molar-refractivity contribution in [1.29, 1.82) is 0 Å². The Kier molecular flexibility index (Phi) is 5.06. The Hall–Kier alpha value is -2.37. The molecule has 2 aromatic heterocycles. The van der Waals surface area contributed by atoms with Gasteiger partial charge in [-0.25, -0.2) is 0 Å². The van der Waals surface area contributed by atoms with Crippen molar-refractivity contribution >= 4 is 11.8 Å². The maximum atomic E-state index is 12.5. The van der Waals surface area contributed by atoms with Gasteiger partial charge in [0.2, 0.25) is 5.78 Å². The van der Waals surface area contributed by atoms with Crippen LogP contribution in [-0.4, -0.2) is 28.1 Å². The lowest BCUT2D eigenvalue weighted by Gasteiger charge is -2.09. The third kappa shape index (κ3) is 3.83. The molecule has 0 aliphatic heterocycles. The van der Waals surface area contributed by atoms with Gasteiger partial charge in [-0.3, -0.25) is 14.2 Å². The van der Waals surface area contributed by atoms with Gasteiger partial charge in [0, 0.05) is 29.4 Å². The van der Waals surface area contributed by atoms with Crippen molar-refractivity contribution in [1.82, 2.24) is 9.72 Å². The maximum absolute atomic E-state index is 12.5. The summed E-state index contributed by atoms with van der Waals surface area (Å²) in [4.78, 5) is 24.4. The Balaban J connectivity index is 1.65. The molecule has 0 amide bonds. The van der Waals surface area contributed by atoms with Gasteiger partial charge in [0.15, 0.2) is 12.4 Å². The summed E-state index contributed by atoms with van der Waals surface area (Å²) >= 11 is 0. The standard InChI is InChI=1S/C19H24N2O4/c1-12-8-16(14(3)21(12)18-9-13(2)25-20-18)17(22)11-24-19(23)10-15-6-4-5-7-15/h8-9,15H,4-7,10-11H2,1-3H3. The first kappa shape index (κ1) is 17.5. The molecule has 0 radical (unpaired) electrons. The molecule has 0 saturated heterocycles. The predicted molar refractivity (Wildman–Crippen MR) is 91.9 cm³/mol. The van der Waals surface area contributed by atoms with Crippen molar-refractivity contribution < 1.29 is 18.8 Å². The molecule has 134 valence electrons. The van der Waals surface area contributed by atoms with Crippen LogP contribution >= 0.6 is 0 Å². The van der Waals surface area contributed by atoms with Crippen LogP contribution in [-0.2, 0) is 9.53 Å². The highest BCUT2D eigenvalue weighted by atomic mass is 16.5. The zero-order valence-electron chi connectivity index (χ0n) is 15.0. The SMILES string of the molecule is Cc1cc(-n2c(C)cc(C(=O)COC(=O)CC3CCCC3)c2C)no1. The summed E-state index contributed by atoms with van der Waals surface area (Å²) in [6.45, 7) is 5.36. The van der Waals surface area contributed by atoms with Crippen LogP contribution < -0.4 is 0 Å². The highest BCUT2D eigenvalue weighted by Gasteiger charge is 2.22. The normalized spacial score (nSPS) is 14.8. The van der Waals surface area contributed by atoms with Crippen molar-refractivity contribution in [3.63, 3.8) is 0 Å². The van der Waals surface area contributed by atoms with Gasteiger partial charge in [-0.15, -0.1) is 0 Å². The van der Waals surface area contributed by atoms with Gasteiger partial charge in [0.1, 0.15) is 5.76 Å². The second-order valence-corrected chi connectivity index (χ2v) is 6.85. The van der Waals surface area contributed by atoms with E-state index in [4.69, 9.17) is 9.26 Å². The van der Waals surface area contributed by atoms with Gasteiger partial charge < -0.3 is 9.26 Å². The van der Waals surface area contributed by atoms with Crippen LogP contribution in [0.25, 0.3) is 5.82 Å². The van der Waals surface area contributed by atoms with Crippen LogP contribution in [0.1, 0.15) is 59.6 Å². The summed E-state index contributed by atoms with van der Waals surface area (Å²) in [6.07, 6.45) is 4.96. The van der Waals surface area contributed by atoms with E-state index < -0.39 is 0 Å². The van der Waals surface area contributed by atoms with E-state index in [0.29, 0.717) is 29.5 Å². The molecular weight excluding hydrogens is 320 g/mol. The van der Waals surface area contributed by atoms with Crippen molar-refractivity contribution in [2.24, 2.45) is 5.92 Å². The van der Waals surface area contributed by atoms with Gasteiger partial charge in [-0.05, 0) is 45.6 Å².